The monoisotopic (exact) mass is 212 g/mol. The summed E-state index contributed by atoms with van der Waals surface area (Å²) in [5.74, 6) is 2.53. The Morgan fingerprint density at radius 3 is 2.31 bits per heavy atom. The number of fused-ring (bicyclic) bond motifs is 2. The summed E-state index contributed by atoms with van der Waals surface area (Å²) in [5, 5.41) is 0. The first-order valence-corrected chi connectivity index (χ1v) is 5.41. The van der Waals surface area contributed by atoms with E-state index >= 15 is 0 Å². The second kappa shape index (κ2) is 3.89. The van der Waals surface area contributed by atoms with Gasteiger partial charge in [0.1, 0.15) is 5.75 Å². The molecule has 0 amide bonds. The van der Waals surface area contributed by atoms with Crippen molar-refractivity contribution in [2.24, 2.45) is 0 Å². The SMILES string of the molecule is c1ccc2c(c1)CCOc1ccccc1O2. The van der Waals surface area contributed by atoms with E-state index < -0.39 is 0 Å². The van der Waals surface area contributed by atoms with E-state index in [1.165, 1.54) is 5.56 Å². The summed E-state index contributed by atoms with van der Waals surface area (Å²) in [6, 6.07) is 15.9. The van der Waals surface area contributed by atoms with Gasteiger partial charge in [0.2, 0.25) is 0 Å². The van der Waals surface area contributed by atoms with E-state index in [2.05, 4.69) is 6.07 Å². The second-order valence-electron chi connectivity index (χ2n) is 3.75. The molecule has 0 spiro atoms. The zero-order valence-corrected chi connectivity index (χ0v) is 8.85. The summed E-state index contributed by atoms with van der Waals surface area (Å²) in [4.78, 5) is 0. The van der Waals surface area contributed by atoms with Crippen molar-refractivity contribution in [3.63, 3.8) is 0 Å². The van der Waals surface area contributed by atoms with Gasteiger partial charge in [-0.05, 0) is 23.8 Å². The van der Waals surface area contributed by atoms with Crippen LogP contribution in [0.1, 0.15) is 5.56 Å². The van der Waals surface area contributed by atoms with Gasteiger partial charge in [0.15, 0.2) is 11.5 Å². The zero-order chi connectivity index (χ0) is 10.8. The van der Waals surface area contributed by atoms with Crippen LogP contribution in [0.15, 0.2) is 48.5 Å². The maximum absolute atomic E-state index is 5.86. The van der Waals surface area contributed by atoms with Crippen molar-refractivity contribution in [2.45, 2.75) is 6.42 Å². The van der Waals surface area contributed by atoms with Gasteiger partial charge in [0.05, 0.1) is 6.61 Å². The van der Waals surface area contributed by atoms with E-state index in [0.717, 1.165) is 23.7 Å². The molecule has 0 radical (unpaired) electrons. The van der Waals surface area contributed by atoms with Crippen molar-refractivity contribution in [2.75, 3.05) is 6.61 Å². The van der Waals surface area contributed by atoms with Crippen molar-refractivity contribution in [1.29, 1.82) is 0 Å². The molecular formula is C14H12O2. The highest BCUT2D eigenvalue weighted by Gasteiger charge is 2.12. The zero-order valence-electron chi connectivity index (χ0n) is 8.85. The van der Waals surface area contributed by atoms with Crippen LogP contribution in [0.25, 0.3) is 0 Å². The number of rotatable bonds is 0. The van der Waals surface area contributed by atoms with Gasteiger partial charge in [0, 0.05) is 6.42 Å². The first-order valence-electron chi connectivity index (χ1n) is 5.41. The molecule has 2 heteroatoms. The molecule has 80 valence electrons. The van der Waals surface area contributed by atoms with Crippen LogP contribution in [0.3, 0.4) is 0 Å². The molecule has 1 aliphatic heterocycles. The third kappa shape index (κ3) is 1.63. The average molecular weight is 212 g/mol. The maximum atomic E-state index is 5.86. The lowest BCUT2D eigenvalue weighted by Gasteiger charge is -2.18. The van der Waals surface area contributed by atoms with E-state index in [-0.39, 0.29) is 0 Å². The first-order chi connectivity index (χ1) is 7.93. The van der Waals surface area contributed by atoms with Gasteiger partial charge in [-0.15, -0.1) is 0 Å². The van der Waals surface area contributed by atoms with Gasteiger partial charge in [-0.1, -0.05) is 30.3 Å². The Morgan fingerprint density at radius 1 is 0.750 bits per heavy atom. The van der Waals surface area contributed by atoms with Gasteiger partial charge in [-0.2, -0.15) is 0 Å². The van der Waals surface area contributed by atoms with Gasteiger partial charge in [-0.25, -0.2) is 0 Å². The van der Waals surface area contributed by atoms with Crippen LogP contribution < -0.4 is 9.47 Å². The third-order valence-corrected chi connectivity index (χ3v) is 2.67. The molecule has 1 aliphatic rings. The van der Waals surface area contributed by atoms with E-state index in [1.807, 2.05) is 42.5 Å². The normalized spacial score (nSPS) is 13.5. The van der Waals surface area contributed by atoms with Gasteiger partial charge < -0.3 is 9.47 Å². The van der Waals surface area contributed by atoms with Crippen LogP contribution in [0.2, 0.25) is 0 Å². The molecular weight excluding hydrogens is 200 g/mol. The Bertz CT molecular complexity index is 460. The number of ether oxygens (including phenoxy) is 2. The molecule has 0 fully saturated rings. The highest BCUT2D eigenvalue weighted by Crippen LogP contribution is 2.34. The lowest BCUT2D eigenvalue weighted by molar-refractivity contribution is 0.294. The number of benzene rings is 2. The molecule has 0 saturated heterocycles. The van der Waals surface area contributed by atoms with Crippen LogP contribution >= 0.6 is 0 Å². The van der Waals surface area contributed by atoms with Crippen molar-refractivity contribution >= 4 is 0 Å². The van der Waals surface area contributed by atoms with Gasteiger partial charge in [0.25, 0.3) is 0 Å². The minimum Gasteiger partial charge on any atom is -0.489 e. The Labute approximate surface area is 94.4 Å². The predicted molar refractivity (Wildman–Crippen MR) is 62.2 cm³/mol. The minimum absolute atomic E-state index is 0.692. The van der Waals surface area contributed by atoms with Crippen molar-refractivity contribution in [3.8, 4) is 17.2 Å². The van der Waals surface area contributed by atoms with E-state index in [0.29, 0.717) is 6.61 Å². The van der Waals surface area contributed by atoms with E-state index in [4.69, 9.17) is 9.47 Å². The van der Waals surface area contributed by atoms with Crippen LogP contribution in [-0.4, -0.2) is 6.61 Å². The summed E-state index contributed by atoms with van der Waals surface area (Å²) in [6.45, 7) is 0.692. The lowest BCUT2D eigenvalue weighted by atomic mass is 10.1. The molecule has 0 N–H and O–H groups in total. The van der Waals surface area contributed by atoms with Crippen LogP contribution in [-0.2, 0) is 6.42 Å². The van der Waals surface area contributed by atoms with Crippen molar-refractivity contribution in [1.82, 2.24) is 0 Å². The number of hydrogen-bond donors (Lipinski definition) is 0. The fourth-order valence-corrected chi connectivity index (χ4v) is 1.85. The van der Waals surface area contributed by atoms with E-state index in [1.54, 1.807) is 0 Å². The Hall–Kier alpha value is -1.96. The Morgan fingerprint density at radius 2 is 1.44 bits per heavy atom. The predicted octanol–water partition coefficient (Wildman–Crippen LogP) is 3.41. The fraction of sp³-hybridized carbons (Fsp3) is 0.143. The molecule has 16 heavy (non-hydrogen) atoms. The van der Waals surface area contributed by atoms with E-state index in [9.17, 15) is 0 Å². The highest BCUT2D eigenvalue weighted by molar-refractivity contribution is 5.45. The number of para-hydroxylation sites is 3. The lowest BCUT2D eigenvalue weighted by Crippen LogP contribution is -2.06. The molecule has 2 nitrogen and oxygen atoms in total. The molecule has 0 unspecified atom stereocenters. The van der Waals surface area contributed by atoms with Crippen molar-refractivity contribution in [3.05, 3.63) is 54.1 Å². The summed E-state index contributed by atoms with van der Waals surface area (Å²) < 4.78 is 11.5. The van der Waals surface area contributed by atoms with Gasteiger partial charge >= 0.3 is 0 Å². The first kappa shape index (κ1) is 9.28. The smallest absolute Gasteiger partial charge is 0.169 e. The standard InChI is InChI=1S/C14H12O2/c1-2-6-12-11(5-1)9-10-15-13-7-3-4-8-14(13)16-12/h1-8H,9-10H2. The maximum Gasteiger partial charge on any atom is 0.169 e. The van der Waals surface area contributed by atoms with Crippen LogP contribution in [0.4, 0.5) is 0 Å². The molecule has 0 bridgehead atoms. The summed E-state index contributed by atoms with van der Waals surface area (Å²) >= 11 is 0. The highest BCUT2D eigenvalue weighted by atomic mass is 16.5. The average Bonchev–Trinajstić information content (AvgIpc) is 2.29. The topological polar surface area (TPSA) is 18.5 Å². The molecule has 0 aliphatic carbocycles. The summed E-state index contributed by atoms with van der Waals surface area (Å²) in [6.07, 6.45) is 0.879. The molecule has 0 saturated carbocycles. The Balaban J connectivity index is 2.06. The van der Waals surface area contributed by atoms with Crippen molar-refractivity contribution < 1.29 is 9.47 Å². The summed E-state index contributed by atoms with van der Waals surface area (Å²) in [5.41, 5.74) is 1.19. The Kier molecular flexibility index (Phi) is 2.26. The molecule has 2 aromatic carbocycles. The van der Waals surface area contributed by atoms with Crippen LogP contribution in [0.5, 0.6) is 17.2 Å². The van der Waals surface area contributed by atoms with Crippen LogP contribution in [0, 0.1) is 0 Å². The van der Waals surface area contributed by atoms with Gasteiger partial charge in [-0.3, -0.25) is 0 Å². The summed E-state index contributed by atoms with van der Waals surface area (Å²) in [7, 11) is 0. The second-order valence-corrected chi connectivity index (χ2v) is 3.75. The largest absolute Gasteiger partial charge is 0.489 e. The minimum atomic E-state index is 0.692. The molecule has 0 atom stereocenters. The molecule has 2 aromatic rings. The number of hydrogen-bond acceptors (Lipinski definition) is 2. The quantitative estimate of drug-likeness (QED) is 0.666. The third-order valence-electron chi connectivity index (χ3n) is 2.67. The molecule has 0 aromatic heterocycles. The fourth-order valence-electron chi connectivity index (χ4n) is 1.85. The molecule has 1 heterocycles. The molecule has 3 rings (SSSR count).